The van der Waals surface area contributed by atoms with Crippen molar-refractivity contribution in [2.24, 2.45) is 0 Å². The third-order valence-electron chi connectivity index (χ3n) is 3.79. The number of hydrogen-bond acceptors (Lipinski definition) is 4. The fourth-order valence-corrected chi connectivity index (χ4v) is 2.82. The average molecular weight is 321 g/mol. The number of carboxylic acid groups (broad SMARTS) is 1. The number of aliphatic carboxylic acids is 1. The summed E-state index contributed by atoms with van der Waals surface area (Å²) < 4.78 is 10.7. The first-order valence-corrected chi connectivity index (χ1v) is 7.58. The maximum absolute atomic E-state index is 12.3. The van der Waals surface area contributed by atoms with E-state index in [0.717, 1.165) is 5.56 Å². The zero-order valence-corrected chi connectivity index (χ0v) is 13.9. The lowest BCUT2D eigenvalue weighted by Crippen LogP contribution is -2.43. The van der Waals surface area contributed by atoms with Crippen LogP contribution in [0.5, 0.6) is 5.75 Å². The summed E-state index contributed by atoms with van der Waals surface area (Å²) in [6.45, 7) is 5.57. The minimum Gasteiger partial charge on any atom is -0.496 e. The quantitative estimate of drug-likeness (QED) is 0.926. The van der Waals surface area contributed by atoms with E-state index in [4.69, 9.17) is 9.47 Å². The molecule has 0 radical (unpaired) electrons. The fraction of sp³-hybridized carbons (Fsp3) is 0.529. The van der Waals surface area contributed by atoms with Crippen molar-refractivity contribution in [1.82, 2.24) is 4.90 Å². The van der Waals surface area contributed by atoms with Crippen molar-refractivity contribution in [2.45, 2.75) is 44.8 Å². The second kappa shape index (κ2) is 6.48. The van der Waals surface area contributed by atoms with Crippen molar-refractivity contribution in [3.8, 4) is 5.75 Å². The Morgan fingerprint density at radius 1 is 1.26 bits per heavy atom. The van der Waals surface area contributed by atoms with Gasteiger partial charge in [-0.2, -0.15) is 0 Å². The van der Waals surface area contributed by atoms with Crippen molar-refractivity contribution in [1.29, 1.82) is 0 Å². The van der Waals surface area contributed by atoms with Crippen LogP contribution < -0.4 is 4.74 Å². The second-order valence-corrected chi connectivity index (χ2v) is 6.66. The molecule has 0 bridgehead atoms. The summed E-state index contributed by atoms with van der Waals surface area (Å²) in [6, 6.07) is 6.59. The van der Waals surface area contributed by atoms with Crippen LogP contribution in [0.1, 0.15) is 38.7 Å². The van der Waals surface area contributed by atoms with Crippen LogP contribution in [-0.2, 0) is 9.53 Å². The van der Waals surface area contributed by atoms with Crippen LogP contribution in [0.25, 0.3) is 0 Å². The highest BCUT2D eigenvalue weighted by Gasteiger charge is 2.42. The van der Waals surface area contributed by atoms with E-state index in [9.17, 15) is 14.7 Å². The number of carbonyl (C=O) groups excluding carboxylic acids is 1. The summed E-state index contributed by atoms with van der Waals surface area (Å²) >= 11 is 0. The summed E-state index contributed by atoms with van der Waals surface area (Å²) in [5, 5.41) is 9.44. The van der Waals surface area contributed by atoms with Crippen molar-refractivity contribution in [3.05, 3.63) is 29.8 Å². The lowest BCUT2D eigenvalue weighted by Gasteiger charge is -2.26. The van der Waals surface area contributed by atoms with Gasteiger partial charge in [-0.3, -0.25) is 4.90 Å². The molecule has 1 amide bonds. The molecule has 23 heavy (non-hydrogen) atoms. The predicted octanol–water partition coefficient (Wildman–Crippen LogP) is 2.87. The van der Waals surface area contributed by atoms with Crippen LogP contribution in [0.3, 0.4) is 0 Å². The van der Waals surface area contributed by atoms with Gasteiger partial charge in [0.15, 0.2) is 0 Å². The summed E-state index contributed by atoms with van der Waals surface area (Å²) in [4.78, 5) is 25.1. The number of para-hydroxylation sites is 1. The van der Waals surface area contributed by atoms with Crippen LogP contribution in [-0.4, -0.2) is 47.4 Å². The lowest BCUT2D eigenvalue weighted by atomic mass is 9.95. The van der Waals surface area contributed by atoms with Gasteiger partial charge >= 0.3 is 12.1 Å². The fourth-order valence-electron chi connectivity index (χ4n) is 2.82. The molecule has 2 atom stereocenters. The SMILES string of the molecule is COc1ccccc1C1C[C@H](C(=O)O)N(C(=O)OC(C)(C)C)C1. The molecule has 1 aliphatic heterocycles. The molecular weight excluding hydrogens is 298 g/mol. The highest BCUT2D eigenvalue weighted by Crippen LogP contribution is 2.37. The maximum atomic E-state index is 12.3. The average Bonchev–Trinajstić information content (AvgIpc) is 2.90. The lowest BCUT2D eigenvalue weighted by molar-refractivity contribution is -0.142. The Hall–Kier alpha value is -2.24. The van der Waals surface area contributed by atoms with Crippen LogP contribution in [0.2, 0.25) is 0 Å². The molecule has 0 spiro atoms. The monoisotopic (exact) mass is 321 g/mol. The number of hydrogen-bond donors (Lipinski definition) is 1. The Morgan fingerprint density at radius 2 is 1.91 bits per heavy atom. The van der Waals surface area contributed by atoms with E-state index in [2.05, 4.69) is 0 Å². The van der Waals surface area contributed by atoms with E-state index in [1.807, 2.05) is 24.3 Å². The third kappa shape index (κ3) is 3.94. The van der Waals surface area contributed by atoms with Crippen molar-refractivity contribution in [2.75, 3.05) is 13.7 Å². The Labute approximate surface area is 136 Å². The van der Waals surface area contributed by atoms with Crippen LogP contribution in [0, 0.1) is 0 Å². The van der Waals surface area contributed by atoms with Gasteiger partial charge in [0.1, 0.15) is 17.4 Å². The van der Waals surface area contributed by atoms with Gasteiger partial charge in [-0.15, -0.1) is 0 Å². The number of carboxylic acids is 1. The molecule has 0 saturated carbocycles. The van der Waals surface area contributed by atoms with Gasteiger partial charge in [-0.05, 0) is 38.8 Å². The Morgan fingerprint density at radius 3 is 2.48 bits per heavy atom. The molecule has 1 fully saturated rings. The third-order valence-corrected chi connectivity index (χ3v) is 3.79. The van der Waals surface area contributed by atoms with Crippen LogP contribution in [0.15, 0.2) is 24.3 Å². The van der Waals surface area contributed by atoms with E-state index in [0.29, 0.717) is 18.7 Å². The van der Waals surface area contributed by atoms with E-state index in [1.54, 1.807) is 27.9 Å². The molecule has 1 N–H and O–H groups in total. The smallest absolute Gasteiger partial charge is 0.411 e. The molecule has 1 aromatic carbocycles. The molecule has 1 unspecified atom stereocenters. The van der Waals surface area contributed by atoms with Gasteiger partial charge < -0.3 is 14.6 Å². The topological polar surface area (TPSA) is 76.1 Å². The van der Waals surface area contributed by atoms with Crippen molar-refractivity contribution >= 4 is 12.1 Å². The maximum Gasteiger partial charge on any atom is 0.411 e. The van der Waals surface area contributed by atoms with E-state index in [1.165, 1.54) is 4.90 Å². The first kappa shape index (κ1) is 17.1. The number of likely N-dealkylation sites (tertiary alicyclic amines) is 1. The molecule has 6 heteroatoms. The highest BCUT2D eigenvalue weighted by molar-refractivity contribution is 5.81. The molecule has 1 aliphatic rings. The minimum absolute atomic E-state index is 0.0974. The zero-order chi connectivity index (χ0) is 17.2. The van der Waals surface area contributed by atoms with Crippen LogP contribution in [0.4, 0.5) is 4.79 Å². The number of ether oxygens (including phenoxy) is 2. The normalized spacial score (nSPS) is 21.1. The van der Waals surface area contributed by atoms with Gasteiger partial charge in [0, 0.05) is 12.5 Å². The van der Waals surface area contributed by atoms with E-state index in [-0.39, 0.29) is 5.92 Å². The molecule has 126 valence electrons. The molecule has 1 heterocycles. The Kier molecular flexibility index (Phi) is 4.82. The van der Waals surface area contributed by atoms with Gasteiger partial charge in [0.25, 0.3) is 0 Å². The summed E-state index contributed by atoms with van der Waals surface area (Å²) in [5.41, 5.74) is 0.246. The molecular formula is C17H23NO5. The Balaban J connectivity index is 2.24. The van der Waals surface area contributed by atoms with Crippen LogP contribution >= 0.6 is 0 Å². The second-order valence-electron chi connectivity index (χ2n) is 6.66. The Bertz CT molecular complexity index is 593. The van der Waals surface area contributed by atoms with Gasteiger partial charge in [-0.1, -0.05) is 18.2 Å². The van der Waals surface area contributed by atoms with Gasteiger partial charge in [-0.25, -0.2) is 9.59 Å². The zero-order valence-electron chi connectivity index (χ0n) is 13.9. The number of amides is 1. The number of methoxy groups -OCH3 is 1. The number of carbonyl (C=O) groups is 2. The summed E-state index contributed by atoms with van der Waals surface area (Å²) in [7, 11) is 1.58. The molecule has 2 rings (SSSR count). The van der Waals surface area contributed by atoms with Gasteiger partial charge in [0.05, 0.1) is 7.11 Å². The highest BCUT2D eigenvalue weighted by atomic mass is 16.6. The molecule has 0 aliphatic carbocycles. The summed E-state index contributed by atoms with van der Waals surface area (Å²) in [5.74, 6) is -0.416. The first-order chi connectivity index (χ1) is 10.7. The number of rotatable bonds is 3. The first-order valence-electron chi connectivity index (χ1n) is 7.58. The van der Waals surface area contributed by atoms with Crippen molar-refractivity contribution in [3.63, 3.8) is 0 Å². The molecule has 1 saturated heterocycles. The minimum atomic E-state index is -1.02. The molecule has 6 nitrogen and oxygen atoms in total. The van der Waals surface area contributed by atoms with E-state index < -0.39 is 23.7 Å². The summed E-state index contributed by atoms with van der Waals surface area (Å²) in [6.07, 6.45) is -0.253. The standard InChI is InChI=1S/C17H23NO5/c1-17(2,3)23-16(21)18-10-11(9-13(18)15(19)20)12-7-5-6-8-14(12)22-4/h5-8,11,13H,9-10H2,1-4H3,(H,19,20)/t11?,13-/m1/s1. The van der Waals surface area contributed by atoms with Crippen molar-refractivity contribution < 1.29 is 24.2 Å². The van der Waals surface area contributed by atoms with Gasteiger partial charge in [0.2, 0.25) is 0 Å². The largest absolute Gasteiger partial charge is 0.496 e. The number of nitrogens with zero attached hydrogens (tertiary/aromatic N) is 1. The molecule has 1 aromatic rings. The van der Waals surface area contributed by atoms with E-state index >= 15 is 0 Å². The molecule has 0 aromatic heterocycles. The number of benzene rings is 1. The predicted molar refractivity (Wildman–Crippen MR) is 84.7 cm³/mol.